The molecule has 2 fully saturated rings. The lowest BCUT2D eigenvalue weighted by Crippen LogP contribution is -2.67. The van der Waals surface area contributed by atoms with Crippen LogP contribution in [0.5, 0.6) is 0 Å². The van der Waals surface area contributed by atoms with Crippen molar-refractivity contribution in [3.8, 4) is 11.1 Å². The van der Waals surface area contributed by atoms with Gasteiger partial charge in [0.2, 0.25) is 5.91 Å². The van der Waals surface area contributed by atoms with Gasteiger partial charge >= 0.3 is 12.1 Å². The average Bonchev–Trinajstić information content (AvgIpc) is 3.13. The molecule has 2 aromatic carbocycles. The number of aliphatic carboxylic acids is 1. The van der Waals surface area contributed by atoms with Crippen LogP contribution in [0.4, 0.5) is 4.79 Å². The number of alkyl carbamates (subject to hydrolysis) is 1. The Morgan fingerprint density at radius 2 is 1.54 bits per heavy atom. The molecule has 0 spiro atoms. The van der Waals surface area contributed by atoms with E-state index in [1.165, 1.54) is 0 Å². The van der Waals surface area contributed by atoms with Gasteiger partial charge in [0.25, 0.3) is 0 Å². The van der Waals surface area contributed by atoms with E-state index in [4.69, 9.17) is 4.74 Å². The van der Waals surface area contributed by atoms with Crippen LogP contribution in [-0.4, -0.2) is 40.8 Å². The molecule has 0 bridgehead atoms. The highest BCUT2D eigenvalue weighted by atomic mass is 16.5. The third-order valence-electron chi connectivity index (χ3n) is 8.23. The number of rotatable bonds is 6. The first-order valence-corrected chi connectivity index (χ1v) is 12.5. The van der Waals surface area contributed by atoms with Crippen LogP contribution in [0.2, 0.25) is 0 Å². The molecule has 0 saturated heterocycles. The molecular formula is C28H32N2O5. The summed E-state index contributed by atoms with van der Waals surface area (Å²) in [5.41, 5.74) is 2.69. The van der Waals surface area contributed by atoms with Gasteiger partial charge in [-0.1, -0.05) is 61.4 Å². The molecular weight excluding hydrogens is 444 g/mol. The molecule has 7 nitrogen and oxygen atoms in total. The Bertz CT molecular complexity index is 1110. The van der Waals surface area contributed by atoms with E-state index in [9.17, 15) is 19.5 Å². The monoisotopic (exact) mass is 476 g/mol. The van der Waals surface area contributed by atoms with Gasteiger partial charge in [-0.15, -0.1) is 0 Å². The third kappa shape index (κ3) is 4.17. The Labute approximate surface area is 205 Å². The molecule has 2 saturated carbocycles. The van der Waals surface area contributed by atoms with Crippen molar-refractivity contribution in [1.29, 1.82) is 0 Å². The topological polar surface area (TPSA) is 105 Å². The molecule has 2 aromatic rings. The van der Waals surface area contributed by atoms with Crippen molar-refractivity contribution in [3.05, 3.63) is 59.7 Å². The van der Waals surface area contributed by atoms with Crippen molar-refractivity contribution in [2.45, 2.75) is 68.9 Å². The van der Waals surface area contributed by atoms with Gasteiger partial charge in [-0.2, -0.15) is 0 Å². The van der Waals surface area contributed by atoms with E-state index in [1.807, 2.05) is 31.2 Å². The second kappa shape index (κ2) is 9.02. The number of ether oxygens (including phenoxy) is 1. The van der Waals surface area contributed by atoms with Crippen molar-refractivity contribution < 1.29 is 24.2 Å². The Hall–Kier alpha value is -3.35. The highest BCUT2D eigenvalue weighted by molar-refractivity contribution is 5.92. The second-order valence-corrected chi connectivity index (χ2v) is 10.4. The third-order valence-corrected chi connectivity index (χ3v) is 8.23. The molecule has 7 heteroatoms. The fourth-order valence-corrected chi connectivity index (χ4v) is 6.03. The maximum absolute atomic E-state index is 13.3. The molecule has 35 heavy (non-hydrogen) atoms. The number of carbonyl (C=O) groups excluding carboxylic acids is 2. The van der Waals surface area contributed by atoms with E-state index < -0.39 is 29.1 Å². The van der Waals surface area contributed by atoms with Gasteiger partial charge in [0, 0.05) is 5.92 Å². The van der Waals surface area contributed by atoms with Crippen LogP contribution < -0.4 is 10.6 Å². The van der Waals surface area contributed by atoms with E-state index in [0.29, 0.717) is 25.7 Å². The minimum Gasteiger partial charge on any atom is -0.481 e. The SMILES string of the molecule is CC1(NC(=O)C2(NC(=O)OCC3c4ccccc4-c4ccccc43)CCC2)CCCCC1C(=O)O. The molecule has 3 aliphatic rings. The number of carboxylic acids is 1. The Morgan fingerprint density at radius 3 is 2.11 bits per heavy atom. The molecule has 184 valence electrons. The summed E-state index contributed by atoms with van der Waals surface area (Å²) in [4.78, 5) is 38.0. The molecule has 2 atom stereocenters. The van der Waals surface area contributed by atoms with Crippen LogP contribution >= 0.6 is 0 Å². The molecule has 3 aliphatic carbocycles. The number of fused-ring (bicyclic) bond motifs is 3. The minimum absolute atomic E-state index is 0.0585. The summed E-state index contributed by atoms with van der Waals surface area (Å²) in [6.45, 7) is 1.98. The first kappa shape index (κ1) is 23.4. The number of carboxylic acid groups (broad SMARTS) is 1. The van der Waals surface area contributed by atoms with Gasteiger partial charge in [0.05, 0.1) is 11.5 Å². The van der Waals surface area contributed by atoms with Gasteiger partial charge in [0.1, 0.15) is 12.1 Å². The van der Waals surface area contributed by atoms with E-state index >= 15 is 0 Å². The van der Waals surface area contributed by atoms with E-state index in [1.54, 1.807) is 0 Å². The van der Waals surface area contributed by atoms with Gasteiger partial charge in [0.15, 0.2) is 0 Å². The molecule has 0 heterocycles. The van der Waals surface area contributed by atoms with Gasteiger partial charge < -0.3 is 20.5 Å². The van der Waals surface area contributed by atoms with E-state index in [0.717, 1.165) is 41.5 Å². The standard InChI is InChI=1S/C28H32N2O5/c1-27(14-7-6-13-23(27)24(31)32)29-25(33)28(15-8-16-28)30-26(34)35-17-22-20-11-4-2-9-18(20)19-10-3-5-12-21(19)22/h2-5,9-12,22-23H,6-8,13-17H2,1H3,(H,29,33)(H,30,34)(H,31,32). The maximum atomic E-state index is 13.3. The van der Waals surface area contributed by atoms with Gasteiger partial charge in [-0.05, 0) is 61.3 Å². The van der Waals surface area contributed by atoms with Crippen LogP contribution in [-0.2, 0) is 14.3 Å². The smallest absolute Gasteiger partial charge is 0.408 e. The van der Waals surface area contributed by atoms with Crippen LogP contribution in [0.3, 0.4) is 0 Å². The lowest BCUT2D eigenvalue weighted by molar-refractivity contribution is -0.147. The van der Waals surface area contributed by atoms with Crippen LogP contribution in [0.1, 0.15) is 68.9 Å². The molecule has 3 N–H and O–H groups in total. The van der Waals surface area contributed by atoms with Crippen LogP contribution in [0.25, 0.3) is 11.1 Å². The fraction of sp³-hybridized carbons (Fsp3) is 0.464. The lowest BCUT2D eigenvalue weighted by atomic mass is 9.71. The maximum Gasteiger partial charge on any atom is 0.408 e. The number of hydrogen-bond donors (Lipinski definition) is 3. The zero-order valence-electron chi connectivity index (χ0n) is 20.0. The van der Waals surface area contributed by atoms with Gasteiger partial charge in [-0.3, -0.25) is 9.59 Å². The summed E-state index contributed by atoms with van der Waals surface area (Å²) in [7, 11) is 0. The zero-order chi connectivity index (χ0) is 24.6. The average molecular weight is 477 g/mol. The second-order valence-electron chi connectivity index (χ2n) is 10.4. The normalized spacial score (nSPS) is 24.4. The van der Waals surface area contributed by atoms with E-state index in [2.05, 4.69) is 34.9 Å². The highest BCUT2D eigenvalue weighted by Gasteiger charge is 2.50. The number of amides is 2. The van der Waals surface area contributed by atoms with Crippen LogP contribution in [0.15, 0.2) is 48.5 Å². The Morgan fingerprint density at radius 1 is 0.914 bits per heavy atom. The Kier molecular flexibility index (Phi) is 6.03. The number of hydrogen-bond acceptors (Lipinski definition) is 4. The molecule has 0 aromatic heterocycles. The molecule has 0 aliphatic heterocycles. The largest absolute Gasteiger partial charge is 0.481 e. The minimum atomic E-state index is -1.05. The summed E-state index contributed by atoms with van der Waals surface area (Å²) in [6, 6.07) is 16.3. The molecule has 0 radical (unpaired) electrons. The van der Waals surface area contributed by atoms with Crippen molar-refractivity contribution >= 4 is 18.0 Å². The number of carbonyl (C=O) groups is 3. The zero-order valence-corrected chi connectivity index (χ0v) is 20.0. The summed E-state index contributed by atoms with van der Waals surface area (Å²) in [5.74, 6) is -1.89. The predicted molar refractivity (Wildman–Crippen MR) is 131 cm³/mol. The number of benzene rings is 2. The van der Waals surface area contributed by atoms with E-state index in [-0.39, 0.29) is 18.4 Å². The first-order valence-electron chi connectivity index (χ1n) is 12.5. The summed E-state index contributed by atoms with van der Waals surface area (Å²) < 4.78 is 5.67. The summed E-state index contributed by atoms with van der Waals surface area (Å²) in [6.07, 6.45) is 4.07. The number of nitrogens with one attached hydrogen (secondary N) is 2. The van der Waals surface area contributed by atoms with Crippen molar-refractivity contribution in [2.24, 2.45) is 5.92 Å². The molecule has 2 unspecified atom stereocenters. The summed E-state index contributed by atoms with van der Waals surface area (Å²) >= 11 is 0. The first-order chi connectivity index (χ1) is 16.8. The predicted octanol–water partition coefficient (Wildman–Crippen LogP) is 4.60. The highest BCUT2D eigenvalue weighted by Crippen LogP contribution is 2.44. The quantitative estimate of drug-likeness (QED) is 0.565. The van der Waals surface area contributed by atoms with Crippen molar-refractivity contribution in [1.82, 2.24) is 10.6 Å². The lowest BCUT2D eigenvalue weighted by Gasteiger charge is -2.46. The van der Waals surface area contributed by atoms with Crippen LogP contribution in [0, 0.1) is 5.92 Å². The van der Waals surface area contributed by atoms with Crippen molar-refractivity contribution in [2.75, 3.05) is 6.61 Å². The van der Waals surface area contributed by atoms with Crippen molar-refractivity contribution in [3.63, 3.8) is 0 Å². The Balaban J connectivity index is 1.26. The molecule has 5 rings (SSSR count). The fourth-order valence-electron chi connectivity index (χ4n) is 6.03. The molecule has 2 amide bonds. The van der Waals surface area contributed by atoms with Gasteiger partial charge in [-0.25, -0.2) is 4.79 Å². The summed E-state index contributed by atoms with van der Waals surface area (Å²) in [5, 5.41) is 15.5.